The molecule has 1 aromatic heterocycles. The van der Waals surface area contributed by atoms with Gasteiger partial charge in [0.05, 0.1) is 10.7 Å². The molecule has 0 saturated heterocycles. The maximum Gasteiger partial charge on any atom is 0.346 e. The van der Waals surface area contributed by atoms with Gasteiger partial charge in [0.1, 0.15) is 10.7 Å². The second kappa shape index (κ2) is 5.37. The van der Waals surface area contributed by atoms with Gasteiger partial charge in [-0.3, -0.25) is 0 Å². The fourth-order valence-electron chi connectivity index (χ4n) is 1.51. The molecule has 2 aromatic rings. The molecule has 0 aliphatic heterocycles. The molecule has 1 heterocycles. The number of rotatable bonds is 4. The molecule has 0 unspecified atom stereocenters. The molecule has 0 spiro atoms. The minimum Gasteiger partial charge on any atom is -0.477 e. The SMILES string of the molecule is O=C(O)c1sccc1CNc1c(F)cccc1Cl. The van der Waals surface area contributed by atoms with Crippen LogP contribution in [0.1, 0.15) is 15.2 Å². The molecular weight excluding hydrogens is 277 g/mol. The quantitative estimate of drug-likeness (QED) is 0.897. The van der Waals surface area contributed by atoms with Crippen molar-refractivity contribution in [1.82, 2.24) is 0 Å². The minimum atomic E-state index is -0.985. The monoisotopic (exact) mass is 285 g/mol. The van der Waals surface area contributed by atoms with Crippen molar-refractivity contribution in [2.75, 3.05) is 5.32 Å². The van der Waals surface area contributed by atoms with Gasteiger partial charge in [0, 0.05) is 6.54 Å². The number of carbonyl (C=O) groups is 1. The summed E-state index contributed by atoms with van der Waals surface area (Å²) in [6.07, 6.45) is 0. The van der Waals surface area contributed by atoms with Crippen LogP contribution in [0.2, 0.25) is 5.02 Å². The van der Waals surface area contributed by atoms with E-state index in [0.29, 0.717) is 5.56 Å². The third-order valence-electron chi connectivity index (χ3n) is 2.36. The molecule has 1 aromatic carbocycles. The largest absolute Gasteiger partial charge is 0.477 e. The number of carboxylic acids is 1. The predicted molar refractivity (Wildman–Crippen MR) is 70.0 cm³/mol. The Bertz CT molecular complexity index is 565. The molecule has 0 saturated carbocycles. The van der Waals surface area contributed by atoms with Gasteiger partial charge < -0.3 is 10.4 Å². The lowest BCUT2D eigenvalue weighted by Gasteiger charge is -2.09. The van der Waals surface area contributed by atoms with Crippen LogP contribution in [0.25, 0.3) is 0 Å². The highest BCUT2D eigenvalue weighted by molar-refractivity contribution is 7.12. The first-order valence-electron chi connectivity index (χ1n) is 5.07. The Labute approximate surface area is 112 Å². The average molecular weight is 286 g/mol. The van der Waals surface area contributed by atoms with Crippen LogP contribution in [0.4, 0.5) is 10.1 Å². The van der Waals surface area contributed by atoms with Crippen LogP contribution in [0.15, 0.2) is 29.6 Å². The number of para-hydroxylation sites is 1. The molecule has 3 nitrogen and oxygen atoms in total. The maximum atomic E-state index is 13.5. The Hall–Kier alpha value is -1.59. The molecule has 6 heteroatoms. The molecule has 94 valence electrons. The Morgan fingerprint density at radius 1 is 1.44 bits per heavy atom. The Morgan fingerprint density at radius 2 is 2.22 bits per heavy atom. The zero-order valence-electron chi connectivity index (χ0n) is 9.11. The van der Waals surface area contributed by atoms with E-state index < -0.39 is 11.8 Å². The van der Waals surface area contributed by atoms with Crippen LogP contribution in [-0.2, 0) is 6.54 Å². The number of halogens is 2. The van der Waals surface area contributed by atoms with Gasteiger partial charge >= 0.3 is 5.97 Å². The van der Waals surface area contributed by atoms with Gasteiger partial charge in [-0.05, 0) is 29.1 Å². The van der Waals surface area contributed by atoms with Gasteiger partial charge in [0.25, 0.3) is 0 Å². The lowest BCUT2D eigenvalue weighted by atomic mass is 10.2. The Morgan fingerprint density at radius 3 is 2.89 bits per heavy atom. The Balaban J connectivity index is 2.17. The van der Waals surface area contributed by atoms with Crippen molar-refractivity contribution in [2.24, 2.45) is 0 Å². The first-order chi connectivity index (χ1) is 8.59. The van der Waals surface area contributed by atoms with E-state index in [1.807, 2.05) is 0 Å². The first-order valence-corrected chi connectivity index (χ1v) is 6.33. The van der Waals surface area contributed by atoms with Gasteiger partial charge in [-0.2, -0.15) is 0 Å². The second-order valence-electron chi connectivity index (χ2n) is 3.53. The highest BCUT2D eigenvalue weighted by Gasteiger charge is 2.12. The number of aromatic carboxylic acids is 1. The Kier molecular flexibility index (Phi) is 3.84. The summed E-state index contributed by atoms with van der Waals surface area (Å²) in [5, 5.41) is 13.7. The van der Waals surface area contributed by atoms with Gasteiger partial charge in [-0.15, -0.1) is 11.3 Å². The van der Waals surface area contributed by atoms with E-state index in [4.69, 9.17) is 16.7 Å². The zero-order valence-corrected chi connectivity index (χ0v) is 10.7. The average Bonchev–Trinajstić information content (AvgIpc) is 2.76. The van der Waals surface area contributed by atoms with E-state index in [0.717, 1.165) is 11.3 Å². The van der Waals surface area contributed by atoms with E-state index in [1.165, 1.54) is 12.1 Å². The fraction of sp³-hybridized carbons (Fsp3) is 0.0833. The predicted octanol–water partition coefficient (Wildman–Crippen LogP) is 3.85. The van der Waals surface area contributed by atoms with Crippen LogP contribution in [-0.4, -0.2) is 11.1 Å². The number of thiophene rings is 1. The van der Waals surface area contributed by atoms with Crippen molar-refractivity contribution >= 4 is 34.6 Å². The molecule has 18 heavy (non-hydrogen) atoms. The van der Waals surface area contributed by atoms with Crippen molar-refractivity contribution < 1.29 is 14.3 Å². The summed E-state index contributed by atoms with van der Waals surface area (Å²) in [6, 6.07) is 6.06. The van der Waals surface area contributed by atoms with E-state index >= 15 is 0 Å². The molecule has 2 N–H and O–H groups in total. The molecule has 0 amide bonds. The summed E-state index contributed by atoms with van der Waals surface area (Å²) in [4.78, 5) is 11.2. The molecule has 0 fully saturated rings. The fourth-order valence-corrected chi connectivity index (χ4v) is 2.50. The molecular formula is C12H9ClFNO2S. The molecule has 0 aliphatic carbocycles. The molecule has 0 aliphatic rings. The molecule has 2 rings (SSSR count). The van der Waals surface area contributed by atoms with Crippen LogP contribution in [0, 0.1) is 5.82 Å². The highest BCUT2D eigenvalue weighted by Crippen LogP contribution is 2.26. The van der Waals surface area contributed by atoms with E-state index in [9.17, 15) is 9.18 Å². The highest BCUT2D eigenvalue weighted by atomic mass is 35.5. The van der Waals surface area contributed by atoms with Crippen LogP contribution in [0.5, 0.6) is 0 Å². The lowest BCUT2D eigenvalue weighted by Crippen LogP contribution is -2.05. The number of hydrogen-bond donors (Lipinski definition) is 2. The number of carboxylic acid groups (broad SMARTS) is 1. The lowest BCUT2D eigenvalue weighted by molar-refractivity contribution is 0.0701. The van der Waals surface area contributed by atoms with Crippen molar-refractivity contribution in [3.63, 3.8) is 0 Å². The normalized spacial score (nSPS) is 10.3. The second-order valence-corrected chi connectivity index (χ2v) is 4.85. The van der Waals surface area contributed by atoms with Gasteiger partial charge in [0.2, 0.25) is 0 Å². The summed E-state index contributed by atoms with van der Waals surface area (Å²) >= 11 is 6.99. The molecule has 0 radical (unpaired) electrons. The third kappa shape index (κ3) is 2.63. The van der Waals surface area contributed by atoms with Crippen LogP contribution in [0.3, 0.4) is 0 Å². The minimum absolute atomic E-state index is 0.182. The third-order valence-corrected chi connectivity index (χ3v) is 3.62. The zero-order chi connectivity index (χ0) is 13.1. The standard InChI is InChI=1S/C12H9ClFNO2S/c13-8-2-1-3-9(14)10(8)15-6-7-4-5-18-11(7)12(16)17/h1-5,15H,6H2,(H,16,17). The van der Waals surface area contributed by atoms with Crippen LogP contribution < -0.4 is 5.32 Å². The van der Waals surface area contributed by atoms with Crippen molar-refractivity contribution in [3.05, 3.63) is 50.9 Å². The number of nitrogens with one attached hydrogen (secondary N) is 1. The van der Waals surface area contributed by atoms with E-state index in [1.54, 1.807) is 17.5 Å². The van der Waals surface area contributed by atoms with Gasteiger partial charge in [-0.25, -0.2) is 9.18 Å². The smallest absolute Gasteiger partial charge is 0.346 e. The van der Waals surface area contributed by atoms with Gasteiger partial charge in [-0.1, -0.05) is 17.7 Å². The van der Waals surface area contributed by atoms with Crippen molar-refractivity contribution in [3.8, 4) is 0 Å². The van der Waals surface area contributed by atoms with Crippen molar-refractivity contribution in [1.29, 1.82) is 0 Å². The van der Waals surface area contributed by atoms with E-state index in [2.05, 4.69) is 5.32 Å². The molecule has 0 bridgehead atoms. The number of anilines is 1. The number of benzene rings is 1. The first kappa shape index (κ1) is 12.9. The summed E-state index contributed by atoms with van der Waals surface area (Å²) in [5.41, 5.74) is 0.786. The summed E-state index contributed by atoms with van der Waals surface area (Å²) < 4.78 is 13.5. The molecule has 0 atom stereocenters. The summed E-state index contributed by atoms with van der Waals surface area (Å²) in [5.74, 6) is -1.45. The number of hydrogen-bond acceptors (Lipinski definition) is 3. The summed E-state index contributed by atoms with van der Waals surface area (Å²) in [6.45, 7) is 0.214. The topological polar surface area (TPSA) is 49.3 Å². The van der Waals surface area contributed by atoms with Gasteiger partial charge in [0.15, 0.2) is 0 Å². The van der Waals surface area contributed by atoms with E-state index in [-0.39, 0.29) is 22.1 Å². The maximum absolute atomic E-state index is 13.5. The van der Waals surface area contributed by atoms with Crippen LogP contribution >= 0.6 is 22.9 Å². The summed E-state index contributed by atoms with van der Waals surface area (Å²) in [7, 11) is 0. The van der Waals surface area contributed by atoms with Crippen molar-refractivity contribution in [2.45, 2.75) is 6.54 Å².